The highest BCUT2D eigenvalue weighted by molar-refractivity contribution is 6.39. The van der Waals surface area contributed by atoms with Crippen molar-refractivity contribution < 1.29 is 9.59 Å². The highest BCUT2D eigenvalue weighted by Gasteiger charge is 2.26. The van der Waals surface area contributed by atoms with Crippen LogP contribution in [0.1, 0.15) is 18.1 Å². The van der Waals surface area contributed by atoms with Crippen molar-refractivity contribution in [1.29, 1.82) is 0 Å². The Morgan fingerprint density at radius 3 is 2.15 bits per heavy atom. The fourth-order valence-corrected chi connectivity index (χ4v) is 3.10. The molecular weight excluding hydrogens is 326 g/mol. The van der Waals surface area contributed by atoms with Gasteiger partial charge in [0.25, 0.3) is 0 Å². The number of hydrogen-bond acceptors (Lipinski definition) is 3. The van der Waals surface area contributed by atoms with Crippen LogP contribution in [-0.2, 0) is 22.6 Å². The number of carbonyl (C=O) groups is 2. The van der Waals surface area contributed by atoms with Crippen LogP contribution in [0.2, 0.25) is 0 Å². The second-order valence-corrected chi connectivity index (χ2v) is 6.56. The summed E-state index contributed by atoms with van der Waals surface area (Å²) in [5.41, 5.74) is 3.12. The van der Waals surface area contributed by atoms with E-state index < -0.39 is 11.8 Å². The first-order valence-corrected chi connectivity index (χ1v) is 9.11. The van der Waals surface area contributed by atoms with E-state index in [0.29, 0.717) is 18.8 Å². The largest absolute Gasteiger partial charge is 0.332 e. The van der Waals surface area contributed by atoms with E-state index in [4.69, 9.17) is 0 Å². The molecule has 0 aromatic heterocycles. The first-order valence-electron chi connectivity index (χ1n) is 9.11. The van der Waals surface area contributed by atoms with Gasteiger partial charge in [-0.2, -0.15) is 0 Å². The molecule has 0 radical (unpaired) electrons. The lowest BCUT2D eigenvalue weighted by Gasteiger charge is -2.34. The van der Waals surface area contributed by atoms with Gasteiger partial charge in [-0.05, 0) is 29.7 Å². The van der Waals surface area contributed by atoms with Crippen molar-refractivity contribution in [1.82, 2.24) is 9.80 Å². The second kappa shape index (κ2) is 8.63. The van der Waals surface area contributed by atoms with Gasteiger partial charge in [-0.3, -0.25) is 14.5 Å². The van der Waals surface area contributed by atoms with Gasteiger partial charge >= 0.3 is 11.8 Å². The number of benzene rings is 2. The summed E-state index contributed by atoms with van der Waals surface area (Å²) >= 11 is 0. The smallest absolute Gasteiger partial charge is 0.313 e. The van der Waals surface area contributed by atoms with Crippen molar-refractivity contribution in [3.63, 3.8) is 0 Å². The van der Waals surface area contributed by atoms with E-state index in [9.17, 15) is 9.59 Å². The number of anilines is 1. The van der Waals surface area contributed by atoms with Crippen LogP contribution in [0.15, 0.2) is 54.6 Å². The van der Waals surface area contributed by atoms with Crippen LogP contribution in [0.25, 0.3) is 0 Å². The van der Waals surface area contributed by atoms with Crippen LogP contribution in [0.5, 0.6) is 0 Å². The Kier molecular flexibility index (Phi) is 6.02. The quantitative estimate of drug-likeness (QED) is 0.861. The maximum atomic E-state index is 12.4. The fraction of sp³-hybridized carbons (Fsp3) is 0.333. The van der Waals surface area contributed by atoms with Gasteiger partial charge in [0.05, 0.1) is 0 Å². The fourth-order valence-electron chi connectivity index (χ4n) is 3.10. The minimum absolute atomic E-state index is 0.455. The Balaban J connectivity index is 1.48. The zero-order valence-corrected chi connectivity index (χ0v) is 15.1. The van der Waals surface area contributed by atoms with E-state index in [1.54, 1.807) is 4.90 Å². The number of carbonyl (C=O) groups excluding carboxylic acids is 2. The molecule has 0 atom stereocenters. The van der Waals surface area contributed by atoms with E-state index in [1.807, 2.05) is 42.5 Å². The Morgan fingerprint density at radius 2 is 1.54 bits per heavy atom. The highest BCUT2D eigenvalue weighted by Crippen LogP contribution is 2.12. The van der Waals surface area contributed by atoms with Crippen LogP contribution >= 0.6 is 0 Å². The molecule has 2 aromatic rings. The van der Waals surface area contributed by atoms with Crippen LogP contribution in [0.4, 0.5) is 5.69 Å². The molecule has 1 fully saturated rings. The van der Waals surface area contributed by atoms with Gasteiger partial charge in [0, 0.05) is 38.4 Å². The predicted octanol–water partition coefficient (Wildman–Crippen LogP) is 2.53. The Morgan fingerprint density at radius 1 is 0.885 bits per heavy atom. The van der Waals surface area contributed by atoms with Crippen molar-refractivity contribution in [3.8, 4) is 0 Å². The predicted molar refractivity (Wildman–Crippen MR) is 103 cm³/mol. The molecule has 136 valence electrons. The standard InChI is InChI=1S/C21H25N3O2/c1-2-17-8-10-19(11-9-17)22-20(25)21(26)24-14-12-23(13-15-24)16-18-6-4-3-5-7-18/h3-11H,2,12-16H2,1H3,(H,22,25). The van der Waals surface area contributed by atoms with Crippen molar-refractivity contribution in [2.24, 2.45) is 0 Å². The monoisotopic (exact) mass is 351 g/mol. The molecule has 1 heterocycles. The van der Waals surface area contributed by atoms with Crippen LogP contribution in [-0.4, -0.2) is 47.8 Å². The van der Waals surface area contributed by atoms with Crippen molar-refractivity contribution in [2.75, 3.05) is 31.5 Å². The van der Waals surface area contributed by atoms with E-state index in [0.717, 1.165) is 26.1 Å². The average molecular weight is 351 g/mol. The number of amides is 2. The SMILES string of the molecule is CCc1ccc(NC(=O)C(=O)N2CCN(Cc3ccccc3)CC2)cc1. The molecule has 1 saturated heterocycles. The number of aryl methyl sites for hydroxylation is 1. The summed E-state index contributed by atoms with van der Waals surface area (Å²) in [5, 5.41) is 2.70. The van der Waals surface area contributed by atoms with Gasteiger partial charge in [0.15, 0.2) is 0 Å². The first kappa shape index (κ1) is 18.1. The lowest BCUT2D eigenvalue weighted by molar-refractivity contribution is -0.144. The third-order valence-corrected chi connectivity index (χ3v) is 4.72. The van der Waals surface area contributed by atoms with Crippen molar-refractivity contribution >= 4 is 17.5 Å². The van der Waals surface area contributed by atoms with Gasteiger partial charge < -0.3 is 10.2 Å². The first-order chi connectivity index (χ1) is 12.7. The lowest BCUT2D eigenvalue weighted by atomic mass is 10.1. The molecular formula is C21H25N3O2. The van der Waals surface area contributed by atoms with Crippen molar-refractivity contribution in [3.05, 3.63) is 65.7 Å². The van der Waals surface area contributed by atoms with E-state index in [1.165, 1.54) is 11.1 Å². The van der Waals surface area contributed by atoms with E-state index in [2.05, 4.69) is 29.3 Å². The summed E-state index contributed by atoms with van der Waals surface area (Å²) in [6, 6.07) is 17.9. The average Bonchev–Trinajstić information content (AvgIpc) is 2.69. The van der Waals surface area contributed by atoms with Gasteiger partial charge in [0.2, 0.25) is 0 Å². The summed E-state index contributed by atoms with van der Waals surface area (Å²) < 4.78 is 0. The molecule has 0 aliphatic carbocycles. The summed E-state index contributed by atoms with van der Waals surface area (Å²) in [6.07, 6.45) is 0.945. The maximum absolute atomic E-state index is 12.4. The molecule has 26 heavy (non-hydrogen) atoms. The van der Waals surface area contributed by atoms with Gasteiger partial charge in [-0.1, -0.05) is 49.4 Å². The molecule has 1 N–H and O–H groups in total. The number of nitrogens with zero attached hydrogens (tertiary/aromatic N) is 2. The molecule has 0 unspecified atom stereocenters. The topological polar surface area (TPSA) is 52.7 Å². The Labute approximate surface area is 154 Å². The number of hydrogen-bond donors (Lipinski definition) is 1. The van der Waals surface area contributed by atoms with Gasteiger partial charge in [-0.25, -0.2) is 0 Å². The Bertz CT molecular complexity index is 736. The second-order valence-electron chi connectivity index (χ2n) is 6.56. The molecule has 3 rings (SSSR count). The lowest BCUT2D eigenvalue weighted by Crippen LogP contribution is -2.51. The molecule has 0 saturated carbocycles. The van der Waals surface area contributed by atoms with Crippen LogP contribution < -0.4 is 5.32 Å². The molecule has 2 aromatic carbocycles. The minimum Gasteiger partial charge on any atom is -0.332 e. The van der Waals surface area contributed by atoms with Gasteiger partial charge in [-0.15, -0.1) is 0 Å². The Hall–Kier alpha value is -2.66. The molecule has 0 spiro atoms. The zero-order chi connectivity index (χ0) is 18.4. The molecule has 0 bridgehead atoms. The van der Waals surface area contributed by atoms with Crippen LogP contribution in [0.3, 0.4) is 0 Å². The summed E-state index contributed by atoms with van der Waals surface area (Å²) in [4.78, 5) is 28.6. The third-order valence-electron chi connectivity index (χ3n) is 4.72. The summed E-state index contributed by atoms with van der Waals surface area (Å²) in [5.74, 6) is -1.02. The minimum atomic E-state index is -0.564. The van der Waals surface area contributed by atoms with Gasteiger partial charge in [0.1, 0.15) is 0 Å². The maximum Gasteiger partial charge on any atom is 0.313 e. The van der Waals surface area contributed by atoms with Crippen LogP contribution in [0, 0.1) is 0 Å². The normalized spacial score (nSPS) is 14.9. The van der Waals surface area contributed by atoms with Crippen molar-refractivity contribution in [2.45, 2.75) is 19.9 Å². The highest BCUT2D eigenvalue weighted by atomic mass is 16.2. The molecule has 5 nitrogen and oxygen atoms in total. The number of piperazine rings is 1. The molecule has 1 aliphatic rings. The summed E-state index contributed by atoms with van der Waals surface area (Å²) in [6.45, 7) is 5.66. The van der Waals surface area contributed by atoms with E-state index >= 15 is 0 Å². The van der Waals surface area contributed by atoms with E-state index in [-0.39, 0.29) is 0 Å². The molecule has 5 heteroatoms. The number of nitrogens with one attached hydrogen (secondary N) is 1. The number of rotatable bonds is 4. The zero-order valence-electron chi connectivity index (χ0n) is 15.1. The molecule has 1 aliphatic heterocycles. The molecule has 2 amide bonds. The third kappa shape index (κ3) is 4.70. The summed E-state index contributed by atoms with van der Waals surface area (Å²) in [7, 11) is 0.